The fraction of sp³-hybridized carbons (Fsp3) is 0.111. The predicted octanol–water partition coefficient (Wildman–Crippen LogP) is 4.54. The minimum Gasteiger partial charge on any atom is -0.507 e. The number of hydrogen-bond donors (Lipinski definition) is 2. The van der Waals surface area contributed by atoms with Crippen LogP contribution in [0.5, 0.6) is 11.5 Å². The molecular formula is C18H8F6O2. The van der Waals surface area contributed by atoms with Crippen molar-refractivity contribution >= 4 is 0 Å². The number of rotatable bonds is 0. The summed E-state index contributed by atoms with van der Waals surface area (Å²) in [7, 11) is 0. The van der Waals surface area contributed by atoms with Gasteiger partial charge in [0.05, 0.1) is 22.3 Å². The molecule has 0 atom stereocenters. The van der Waals surface area contributed by atoms with E-state index in [1.807, 2.05) is 0 Å². The van der Waals surface area contributed by atoms with Crippen LogP contribution in [0.2, 0.25) is 0 Å². The molecule has 0 amide bonds. The van der Waals surface area contributed by atoms with Crippen molar-refractivity contribution in [2.75, 3.05) is 0 Å². The summed E-state index contributed by atoms with van der Waals surface area (Å²) < 4.78 is 75.7. The summed E-state index contributed by atoms with van der Waals surface area (Å²) in [6.07, 6.45) is -9.25. The Morgan fingerprint density at radius 2 is 0.962 bits per heavy atom. The molecule has 0 saturated heterocycles. The molecule has 2 aromatic carbocycles. The second-order valence-electron chi connectivity index (χ2n) is 4.96. The summed E-state index contributed by atoms with van der Waals surface area (Å²) in [4.78, 5) is 0. The summed E-state index contributed by atoms with van der Waals surface area (Å²) in [5.41, 5.74) is -2.74. The van der Waals surface area contributed by atoms with Gasteiger partial charge >= 0.3 is 12.4 Å². The molecule has 26 heavy (non-hydrogen) atoms. The minimum absolute atomic E-state index is 0.345. The van der Waals surface area contributed by atoms with Gasteiger partial charge in [0, 0.05) is 0 Å². The number of alkyl halides is 6. The first-order chi connectivity index (χ1) is 12.0. The highest BCUT2D eigenvalue weighted by Crippen LogP contribution is 2.32. The van der Waals surface area contributed by atoms with Crippen LogP contribution < -0.4 is 0 Å². The number of phenols is 2. The Hall–Kier alpha value is -3.26. The van der Waals surface area contributed by atoms with E-state index in [4.69, 9.17) is 0 Å². The van der Waals surface area contributed by atoms with Crippen LogP contribution >= 0.6 is 0 Å². The molecule has 0 radical (unpaired) electrons. The normalized spacial score (nSPS) is 11.2. The van der Waals surface area contributed by atoms with Crippen molar-refractivity contribution in [3.05, 3.63) is 58.7 Å². The molecule has 0 heterocycles. The van der Waals surface area contributed by atoms with Gasteiger partial charge in [0.15, 0.2) is 0 Å². The maximum Gasteiger partial charge on any atom is 0.416 e. The average molecular weight is 370 g/mol. The molecule has 0 spiro atoms. The number of aromatic hydroxyl groups is 2. The van der Waals surface area contributed by atoms with Crippen LogP contribution in [0.4, 0.5) is 26.3 Å². The van der Waals surface area contributed by atoms with Crippen molar-refractivity contribution in [2.24, 2.45) is 0 Å². The molecule has 0 saturated carbocycles. The average Bonchev–Trinajstić information content (AvgIpc) is 2.52. The van der Waals surface area contributed by atoms with Crippen LogP contribution in [-0.2, 0) is 12.4 Å². The molecular weight excluding hydrogens is 362 g/mol. The zero-order valence-corrected chi connectivity index (χ0v) is 12.6. The van der Waals surface area contributed by atoms with Gasteiger partial charge < -0.3 is 10.2 Å². The Morgan fingerprint density at radius 1 is 0.615 bits per heavy atom. The minimum atomic E-state index is -4.63. The van der Waals surface area contributed by atoms with Crippen LogP contribution in [0.25, 0.3) is 0 Å². The number of hydrogen-bond acceptors (Lipinski definition) is 2. The van der Waals surface area contributed by atoms with E-state index in [0.29, 0.717) is 24.3 Å². The Morgan fingerprint density at radius 3 is 1.27 bits per heavy atom. The van der Waals surface area contributed by atoms with Gasteiger partial charge in [-0.15, -0.1) is 0 Å². The third-order valence-electron chi connectivity index (χ3n) is 3.10. The largest absolute Gasteiger partial charge is 0.507 e. The second-order valence-corrected chi connectivity index (χ2v) is 4.96. The standard InChI is InChI=1S/C18H8F6O2/c19-17(20,21)13-5-7-15(25)11(9-13)3-1-2-4-12-10-14(18(22,23)24)6-8-16(12)26/h5-10,25-26H. The van der Waals surface area contributed by atoms with Gasteiger partial charge in [-0.25, -0.2) is 0 Å². The molecule has 0 aliphatic heterocycles. The predicted molar refractivity (Wildman–Crippen MR) is 80.0 cm³/mol. The Kier molecular flexibility index (Phi) is 5.08. The first-order valence-electron chi connectivity index (χ1n) is 6.81. The van der Waals surface area contributed by atoms with Crippen molar-refractivity contribution in [1.29, 1.82) is 0 Å². The van der Waals surface area contributed by atoms with Gasteiger partial charge in [0.25, 0.3) is 0 Å². The quantitative estimate of drug-likeness (QED) is 0.528. The summed E-state index contributed by atoms with van der Waals surface area (Å²) in [5.74, 6) is 7.60. The van der Waals surface area contributed by atoms with Crippen molar-refractivity contribution in [1.82, 2.24) is 0 Å². The molecule has 2 N–H and O–H groups in total. The van der Waals surface area contributed by atoms with E-state index >= 15 is 0 Å². The Balaban J connectivity index is 2.33. The van der Waals surface area contributed by atoms with Crippen molar-refractivity contribution in [3.8, 4) is 35.2 Å². The maximum atomic E-state index is 12.6. The van der Waals surface area contributed by atoms with E-state index in [0.717, 1.165) is 12.1 Å². The van der Waals surface area contributed by atoms with Crippen molar-refractivity contribution < 1.29 is 36.6 Å². The molecule has 8 heteroatoms. The lowest BCUT2D eigenvalue weighted by molar-refractivity contribution is -0.138. The van der Waals surface area contributed by atoms with Gasteiger partial charge in [-0.3, -0.25) is 0 Å². The zero-order chi connectivity index (χ0) is 19.5. The van der Waals surface area contributed by atoms with E-state index in [-0.39, 0.29) is 11.1 Å². The SMILES string of the molecule is Oc1ccc(C(F)(F)F)cc1C#CC#Cc1cc(C(F)(F)F)ccc1O. The Labute approximate surface area is 143 Å². The molecule has 0 aliphatic rings. The van der Waals surface area contributed by atoms with Gasteiger partial charge in [-0.1, -0.05) is 0 Å². The lowest BCUT2D eigenvalue weighted by Crippen LogP contribution is -2.04. The summed E-state index contributed by atoms with van der Waals surface area (Å²) in [6.45, 7) is 0. The van der Waals surface area contributed by atoms with E-state index in [2.05, 4.69) is 23.7 Å². The summed E-state index contributed by atoms with van der Waals surface area (Å²) >= 11 is 0. The highest BCUT2D eigenvalue weighted by Gasteiger charge is 2.31. The lowest BCUT2D eigenvalue weighted by atomic mass is 10.1. The van der Waals surface area contributed by atoms with E-state index in [1.54, 1.807) is 0 Å². The van der Waals surface area contributed by atoms with Gasteiger partial charge in [0.1, 0.15) is 11.5 Å². The topological polar surface area (TPSA) is 40.5 Å². The van der Waals surface area contributed by atoms with E-state index < -0.39 is 35.0 Å². The fourth-order valence-electron chi connectivity index (χ4n) is 1.82. The molecule has 0 aliphatic carbocycles. The lowest BCUT2D eigenvalue weighted by Gasteiger charge is -2.07. The van der Waals surface area contributed by atoms with Gasteiger partial charge in [-0.05, 0) is 60.1 Å². The van der Waals surface area contributed by atoms with Gasteiger partial charge in [0.2, 0.25) is 0 Å². The molecule has 2 rings (SSSR count). The molecule has 0 unspecified atom stereocenters. The highest BCUT2D eigenvalue weighted by atomic mass is 19.4. The third kappa shape index (κ3) is 4.64. The molecule has 0 bridgehead atoms. The van der Waals surface area contributed by atoms with Crippen LogP contribution in [-0.4, -0.2) is 10.2 Å². The number of benzene rings is 2. The van der Waals surface area contributed by atoms with Crippen molar-refractivity contribution in [2.45, 2.75) is 12.4 Å². The first kappa shape index (κ1) is 19.1. The summed E-state index contributed by atoms with van der Waals surface area (Å²) in [5, 5.41) is 19.0. The number of halogens is 6. The van der Waals surface area contributed by atoms with Gasteiger partial charge in [-0.2, -0.15) is 26.3 Å². The first-order valence-corrected chi connectivity index (χ1v) is 6.81. The van der Waals surface area contributed by atoms with Crippen LogP contribution in [0.15, 0.2) is 36.4 Å². The third-order valence-corrected chi connectivity index (χ3v) is 3.10. The molecule has 2 nitrogen and oxygen atoms in total. The van der Waals surface area contributed by atoms with Crippen molar-refractivity contribution in [3.63, 3.8) is 0 Å². The smallest absolute Gasteiger partial charge is 0.416 e. The zero-order valence-electron chi connectivity index (χ0n) is 12.6. The molecule has 2 aromatic rings. The van der Waals surface area contributed by atoms with E-state index in [9.17, 15) is 36.6 Å². The summed E-state index contributed by atoms with van der Waals surface area (Å²) in [6, 6.07) is 4.22. The van der Waals surface area contributed by atoms with Crippen LogP contribution in [0, 0.1) is 23.7 Å². The number of phenolic OH excluding ortho intramolecular Hbond substituents is 2. The van der Waals surface area contributed by atoms with Crippen LogP contribution in [0.3, 0.4) is 0 Å². The second kappa shape index (κ2) is 6.93. The maximum absolute atomic E-state index is 12.6. The Bertz CT molecular complexity index is 871. The monoisotopic (exact) mass is 370 g/mol. The molecule has 0 fully saturated rings. The highest BCUT2D eigenvalue weighted by molar-refractivity contribution is 5.53. The van der Waals surface area contributed by atoms with E-state index in [1.165, 1.54) is 0 Å². The van der Waals surface area contributed by atoms with Crippen LogP contribution in [0.1, 0.15) is 22.3 Å². The molecule has 0 aromatic heterocycles. The molecule has 134 valence electrons. The fourth-order valence-corrected chi connectivity index (χ4v) is 1.82.